The number of rotatable bonds is 6. The Morgan fingerprint density at radius 3 is 2.21 bits per heavy atom. The largest absolute Gasteiger partial charge is 0.496 e. The molecule has 1 aliphatic heterocycles. The molecule has 0 aromatic heterocycles. The van der Waals surface area contributed by atoms with Gasteiger partial charge < -0.3 is 4.74 Å². The number of methoxy groups -OCH3 is 1. The summed E-state index contributed by atoms with van der Waals surface area (Å²) in [6.45, 7) is 0. The second-order valence-corrected chi connectivity index (χ2v) is 6.78. The van der Waals surface area contributed by atoms with E-state index in [9.17, 15) is 9.59 Å². The number of hydrazone groups is 1. The highest BCUT2D eigenvalue weighted by Crippen LogP contribution is 2.40. The molecule has 0 saturated heterocycles. The van der Waals surface area contributed by atoms with Crippen molar-refractivity contribution in [1.82, 2.24) is 0 Å². The third-order valence-electron chi connectivity index (χ3n) is 5.08. The van der Waals surface area contributed by atoms with Crippen LogP contribution in [0.4, 0.5) is 5.69 Å². The van der Waals surface area contributed by atoms with Crippen LogP contribution in [-0.4, -0.2) is 25.4 Å². The SMILES string of the molecule is COc1cc(N2N=C(c3ccccc3)C[C@@H]2c2ccccc2)c(C=O)cc1C=O. The quantitative estimate of drug-likeness (QED) is 0.579. The molecule has 4 rings (SSSR count). The minimum atomic E-state index is -0.0723. The van der Waals surface area contributed by atoms with Crippen LogP contribution >= 0.6 is 0 Å². The predicted octanol–water partition coefficient (Wildman–Crippen LogP) is 4.68. The summed E-state index contributed by atoms with van der Waals surface area (Å²) in [5.41, 5.74) is 4.42. The van der Waals surface area contributed by atoms with Crippen LogP contribution in [0.1, 0.15) is 44.3 Å². The Labute approximate surface area is 169 Å². The third-order valence-corrected chi connectivity index (χ3v) is 5.08. The first-order chi connectivity index (χ1) is 14.2. The number of benzene rings is 3. The van der Waals surface area contributed by atoms with E-state index in [1.54, 1.807) is 12.1 Å². The fraction of sp³-hybridized carbons (Fsp3) is 0.125. The van der Waals surface area contributed by atoms with Crippen LogP contribution in [0.15, 0.2) is 77.9 Å². The molecule has 3 aromatic rings. The number of carbonyl (C=O) groups is 2. The molecule has 3 aromatic carbocycles. The predicted molar refractivity (Wildman–Crippen MR) is 113 cm³/mol. The summed E-state index contributed by atoms with van der Waals surface area (Å²) in [4.78, 5) is 23.2. The number of hydrogen-bond acceptors (Lipinski definition) is 5. The Morgan fingerprint density at radius 2 is 1.59 bits per heavy atom. The fourth-order valence-electron chi connectivity index (χ4n) is 3.64. The molecule has 1 aliphatic rings. The van der Waals surface area contributed by atoms with Gasteiger partial charge in [-0.1, -0.05) is 60.7 Å². The van der Waals surface area contributed by atoms with Crippen molar-refractivity contribution in [2.45, 2.75) is 12.5 Å². The average Bonchev–Trinajstić information content (AvgIpc) is 3.24. The number of nitrogens with zero attached hydrogens (tertiary/aromatic N) is 2. The van der Waals surface area contributed by atoms with Gasteiger partial charge in [-0.2, -0.15) is 5.10 Å². The van der Waals surface area contributed by atoms with E-state index in [-0.39, 0.29) is 6.04 Å². The van der Waals surface area contributed by atoms with Gasteiger partial charge in [0.05, 0.1) is 30.1 Å². The molecular formula is C24H20N2O3. The van der Waals surface area contributed by atoms with E-state index in [0.717, 1.165) is 23.1 Å². The van der Waals surface area contributed by atoms with E-state index in [1.165, 1.54) is 7.11 Å². The third kappa shape index (κ3) is 3.55. The molecule has 0 fully saturated rings. The zero-order valence-electron chi connectivity index (χ0n) is 16.0. The Kier molecular flexibility index (Phi) is 5.20. The molecule has 0 spiro atoms. The molecule has 0 N–H and O–H groups in total. The lowest BCUT2D eigenvalue weighted by molar-refractivity contribution is 0.112. The zero-order chi connectivity index (χ0) is 20.2. The molecule has 0 unspecified atom stereocenters. The van der Waals surface area contributed by atoms with Gasteiger partial charge >= 0.3 is 0 Å². The summed E-state index contributed by atoms with van der Waals surface area (Å²) in [7, 11) is 1.50. The van der Waals surface area contributed by atoms with Crippen LogP contribution in [0.2, 0.25) is 0 Å². The van der Waals surface area contributed by atoms with Crippen molar-refractivity contribution in [2.75, 3.05) is 12.1 Å². The number of carbonyl (C=O) groups excluding carboxylic acids is 2. The van der Waals surface area contributed by atoms with Gasteiger partial charge in [0, 0.05) is 18.1 Å². The van der Waals surface area contributed by atoms with Gasteiger partial charge in [0.1, 0.15) is 5.75 Å². The van der Waals surface area contributed by atoms with Crippen molar-refractivity contribution < 1.29 is 14.3 Å². The Morgan fingerprint density at radius 1 is 0.931 bits per heavy atom. The highest BCUT2D eigenvalue weighted by atomic mass is 16.5. The Balaban J connectivity index is 1.86. The maximum atomic E-state index is 11.8. The zero-order valence-corrected chi connectivity index (χ0v) is 16.0. The lowest BCUT2D eigenvalue weighted by atomic mass is 9.97. The van der Waals surface area contributed by atoms with E-state index < -0.39 is 0 Å². The molecule has 5 heteroatoms. The minimum Gasteiger partial charge on any atom is -0.496 e. The van der Waals surface area contributed by atoms with Crippen LogP contribution in [0.3, 0.4) is 0 Å². The van der Waals surface area contributed by atoms with Crippen molar-refractivity contribution in [2.24, 2.45) is 5.10 Å². The Bertz CT molecular complexity index is 1060. The van der Waals surface area contributed by atoms with Crippen LogP contribution in [0, 0.1) is 0 Å². The summed E-state index contributed by atoms with van der Waals surface area (Å²) in [5.74, 6) is 0.413. The monoisotopic (exact) mass is 384 g/mol. The molecule has 1 atom stereocenters. The first-order valence-electron chi connectivity index (χ1n) is 9.34. The standard InChI is InChI=1S/C24H20N2O3/c1-29-24-14-23(19(15-27)12-20(24)16-28)26-22(18-10-6-3-7-11-18)13-21(25-26)17-8-4-2-5-9-17/h2-12,14-16,22H,13H2,1H3/t22-/m1/s1. The fourth-order valence-corrected chi connectivity index (χ4v) is 3.64. The molecule has 144 valence electrons. The topological polar surface area (TPSA) is 59.0 Å². The van der Waals surface area contributed by atoms with Gasteiger partial charge in [-0.15, -0.1) is 0 Å². The maximum Gasteiger partial charge on any atom is 0.153 e. The highest BCUT2D eigenvalue weighted by molar-refractivity contribution is 6.04. The van der Waals surface area contributed by atoms with Gasteiger partial charge in [0.2, 0.25) is 0 Å². The van der Waals surface area contributed by atoms with E-state index in [1.807, 2.05) is 53.5 Å². The van der Waals surface area contributed by atoms with Gasteiger partial charge in [-0.3, -0.25) is 14.6 Å². The smallest absolute Gasteiger partial charge is 0.153 e. The van der Waals surface area contributed by atoms with Gasteiger partial charge in [0.25, 0.3) is 0 Å². The van der Waals surface area contributed by atoms with Crippen LogP contribution in [0.5, 0.6) is 5.75 Å². The van der Waals surface area contributed by atoms with Crippen LogP contribution in [0.25, 0.3) is 0 Å². The molecule has 0 aliphatic carbocycles. The van der Waals surface area contributed by atoms with E-state index in [2.05, 4.69) is 12.1 Å². The van der Waals surface area contributed by atoms with E-state index in [4.69, 9.17) is 9.84 Å². The summed E-state index contributed by atoms with van der Waals surface area (Å²) in [5, 5.41) is 6.73. The molecule has 0 saturated carbocycles. The van der Waals surface area contributed by atoms with Crippen molar-refractivity contribution >= 4 is 24.0 Å². The number of hydrogen-bond donors (Lipinski definition) is 0. The first-order valence-corrected chi connectivity index (χ1v) is 9.34. The van der Waals surface area contributed by atoms with Gasteiger partial charge in [-0.25, -0.2) is 0 Å². The van der Waals surface area contributed by atoms with E-state index >= 15 is 0 Å². The van der Waals surface area contributed by atoms with Crippen LogP contribution < -0.4 is 9.75 Å². The normalized spacial score (nSPS) is 15.7. The Hall–Kier alpha value is -3.73. The second-order valence-electron chi connectivity index (χ2n) is 6.78. The second kappa shape index (κ2) is 8.10. The number of anilines is 1. The van der Waals surface area contributed by atoms with Crippen molar-refractivity contribution in [3.63, 3.8) is 0 Å². The van der Waals surface area contributed by atoms with Gasteiger partial charge in [-0.05, 0) is 17.2 Å². The van der Waals surface area contributed by atoms with Crippen molar-refractivity contribution in [3.8, 4) is 5.75 Å². The summed E-state index contributed by atoms with van der Waals surface area (Å²) >= 11 is 0. The molecule has 0 amide bonds. The average molecular weight is 384 g/mol. The lowest BCUT2D eigenvalue weighted by Gasteiger charge is -2.26. The highest BCUT2D eigenvalue weighted by Gasteiger charge is 2.31. The minimum absolute atomic E-state index is 0.0723. The summed E-state index contributed by atoms with van der Waals surface area (Å²) < 4.78 is 5.37. The van der Waals surface area contributed by atoms with Crippen molar-refractivity contribution in [1.29, 1.82) is 0 Å². The van der Waals surface area contributed by atoms with Gasteiger partial charge in [0.15, 0.2) is 12.6 Å². The molecule has 29 heavy (non-hydrogen) atoms. The van der Waals surface area contributed by atoms with E-state index in [0.29, 0.717) is 35.3 Å². The summed E-state index contributed by atoms with van der Waals surface area (Å²) in [6, 6.07) is 23.2. The molecule has 5 nitrogen and oxygen atoms in total. The molecule has 0 radical (unpaired) electrons. The lowest BCUT2D eigenvalue weighted by Crippen LogP contribution is -2.20. The first kappa shape index (κ1) is 18.6. The molecule has 1 heterocycles. The maximum absolute atomic E-state index is 11.8. The van der Waals surface area contributed by atoms with Crippen LogP contribution in [-0.2, 0) is 0 Å². The number of ether oxygens (including phenoxy) is 1. The molecular weight excluding hydrogens is 364 g/mol. The number of aldehydes is 2. The summed E-state index contributed by atoms with van der Waals surface area (Å²) in [6.07, 6.45) is 2.14. The molecule has 0 bridgehead atoms. The van der Waals surface area contributed by atoms with Crippen molar-refractivity contribution in [3.05, 3.63) is 95.1 Å².